The molecule has 0 fully saturated rings. The minimum Gasteiger partial charge on any atom is -0.356 e. The first-order valence-electron chi connectivity index (χ1n) is 6.40. The number of hydrogen-bond donors (Lipinski definition) is 2. The van der Waals surface area contributed by atoms with Crippen molar-refractivity contribution in [3.8, 4) is 0 Å². The lowest BCUT2D eigenvalue weighted by atomic mass is 9.98. The Hall–Kier alpha value is -1.00. The van der Waals surface area contributed by atoms with E-state index in [1.807, 2.05) is 42.1 Å². The molecule has 1 unspecified atom stereocenters. The van der Waals surface area contributed by atoms with Crippen LogP contribution in [0.2, 0.25) is 0 Å². The van der Waals surface area contributed by atoms with E-state index in [1.54, 1.807) is 0 Å². The number of rotatable bonds is 8. The number of amides is 1. The maximum atomic E-state index is 12.0. The Kier molecular flexibility index (Phi) is 7.53. The molecule has 0 aliphatic heterocycles. The van der Waals surface area contributed by atoms with E-state index in [4.69, 9.17) is 5.73 Å². The third-order valence-electron chi connectivity index (χ3n) is 2.72. The molecule has 0 heterocycles. The smallest absolute Gasteiger partial charge is 0.228 e. The Morgan fingerprint density at radius 2 is 2.11 bits per heavy atom. The zero-order chi connectivity index (χ0) is 13.2. The van der Waals surface area contributed by atoms with Gasteiger partial charge in [0.2, 0.25) is 5.91 Å². The second-order valence-electron chi connectivity index (χ2n) is 4.04. The average Bonchev–Trinajstić information content (AvgIpc) is 2.40. The summed E-state index contributed by atoms with van der Waals surface area (Å²) in [6, 6.07) is 9.71. The number of carbonyl (C=O) groups is 1. The van der Waals surface area contributed by atoms with Crippen LogP contribution >= 0.6 is 11.8 Å². The van der Waals surface area contributed by atoms with Crippen LogP contribution in [0.15, 0.2) is 30.3 Å². The van der Waals surface area contributed by atoms with Crippen LogP contribution in [-0.4, -0.2) is 30.5 Å². The number of nitrogens with two attached hydrogens (primary N) is 1. The van der Waals surface area contributed by atoms with Gasteiger partial charge in [-0.15, -0.1) is 0 Å². The first kappa shape index (κ1) is 15.1. The Balaban J connectivity index is 2.39. The van der Waals surface area contributed by atoms with Crippen LogP contribution < -0.4 is 11.1 Å². The van der Waals surface area contributed by atoms with E-state index in [9.17, 15) is 4.79 Å². The molecule has 18 heavy (non-hydrogen) atoms. The molecule has 0 saturated carbocycles. The molecule has 0 bridgehead atoms. The molecule has 0 aromatic heterocycles. The molecule has 1 atom stereocenters. The average molecular weight is 266 g/mol. The molecule has 0 radical (unpaired) electrons. The van der Waals surface area contributed by atoms with Gasteiger partial charge in [0.25, 0.3) is 0 Å². The van der Waals surface area contributed by atoms with Gasteiger partial charge < -0.3 is 11.1 Å². The van der Waals surface area contributed by atoms with Crippen molar-refractivity contribution in [1.29, 1.82) is 0 Å². The molecule has 1 amide bonds. The molecule has 100 valence electrons. The number of hydrogen-bond acceptors (Lipinski definition) is 3. The predicted molar refractivity (Wildman–Crippen MR) is 78.9 cm³/mol. The minimum absolute atomic E-state index is 0.0326. The molecule has 0 spiro atoms. The van der Waals surface area contributed by atoms with Crippen LogP contribution in [0, 0.1) is 0 Å². The van der Waals surface area contributed by atoms with E-state index in [-0.39, 0.29) is 11.8 Å². The van der Waals surface area contributed by atoms with E-state index < -0.39 is 0 Å². The molecule has 0 aliphatic carbocycles. The Morgan fingerprint density at radius 1 is 1.39 bits per heavy atom. The van der Waals surface area contributed by atoms with Gasteiger partial charge in [-0.2, -0.15) is 11.8 Å². The van der Waals surface area contributed by atoms with Crippen LogP contribution in [0.4, 0.5) is 0 Å². The van der Waals surface area contributed by atoms with Gasteiger partial charge in [-0.1, -0.05) is 37.3 Å². The van der Waals surface area contributed by atoms with Crippen molar-refractivity contribution in [2.45, 2.75) is 19.3 Å². The van der Waals surface area contributed by atoms with Crippen molar-refractivity contribution in [3.63, 3.8) is 0 Å². The highest BCUT2D eigenvalue weighted by atomic mass is 32.2. The van der Waals surface area contributed by atoms with Crippen molar-refractivity contribution >= 4 is 17.7 Å². The summed E-state index contributed by atoms with van der Waals surface area (Å²) in [7, 11) is 0. The first-order chi connectivity index (χ1) is 8.79. The second kappa shape index (κ2) is 9.00. The first-order valence-corrected chi connectivity index (χ1v) is 7.55. The van der Waals surface area contributed by atoms with Crippen molar-refractivity contribution < 1.29 is 4.79 Å². The van der Waals surface area contributed by atoms with Crippen LogP contribution in [0.25, 0.3) is 0 Å². The SMILES string of the molecule is CCSCCCNC(=O)C(CN)c1ccccc1. The maximum Gasteiger partial charge on any atom is 0.228 e. The summed E-state index contributed by atoms with van der Waals surface area (Å²) in [5.74, 6) is 2.02. The lowest BCUT2D eigenvalue weighted by molar-refractivity contribution is -0.122. The van der Waals surface area contributed by atoms with Crippen molar-refractivity contribution in [2.75, 3.05) is 24.6 Å². The fourth-order valence-corrected chi connectivity index (χ4v) is 2.37. The summed E-state index contributed by atoms with van der Waals surface area (Å²) in [5, 5.41) is 2.96. The van der Waals surface area contributed by atoms with Crippen LogP contribution in [0.5, 0.6) is 0 Å². The highest BCUT2D eigenvalue weighted by molar-refractivity contribution is 7.99. The molecule has 3 N–H and O–H groups in total. The lowest BCUT2D eigenvalue weighted by Gasteiger charge is -2.15. The van der Waals surface area contributed by atoms with Gasteiger partial charge in [0.1, 0.15) is 0 Å². The summed E-state index contributed by atoms with van der Waals surface area (Å²) in [5.41, 5.74) is 6.68. The van der Waals surface area contributed by atoms with E-state index in [0.717, 1.165) is 30.0 Å². The van der Waals surface area contributed by atoms with E-state index >= 15 is 0 Å². The highest BCUT2D eigenvalue weighted by Gasteiger charge is 2.17. The monoisotopic (exact) mass is 266 g/mol. The zero-order valence-corrected chi connectivity index (χ0v) is 11.7. The summed E-state index contributed by atoms with van der Waals surface area (Å²) in [4.78, 5) is 12.0. The van der Waals surface area contributed by atoms with Gasteiger partial charge in [0.15, 0.2) is 0 Å². The molecule has 1 aromatic carbocycles. The van der Waals surface area contributed by atoms with Crippen LogP contribution in [0.1, 0.15) is 24.8 Å². The lowest BCUT2D eigenvalue weighted by Crippen LogP contribution is -2.34. The standard InChI is InChI=1S/C14H22N2OS/c1-2-18-10-6-9-16-14(17)13(11-15)12-7-4-3-5-8-12/h3-5,7-8,13H,2,6,9-11,15H2,1H3,(H,16,17). The van der Waals surface area contributed by atoms with Crippen LogP contribution in [-0.2, 0) is 4.79 Å². The van der Waals surface area contributed by atoms with E-state index in [2.05, 4.69) is 12.2 Å². The highest BCUT2D eigenvalue weighted by Crippen LogP contribution is 2.14. The summed E-state index contributed by atoms with van der Waals surface area (Å²) >= 11 is 1.89. The van der Waals surface area contributed by atoms with E-state index in [1.165, 1.54) is 0 Å². The second-order valence-corrected chi connectivity index (χ2v) is 5.43. The molecular formula is C14H22N2OS. The zero-order valence-electron chi connectivity index (χ0n) is 10.9. The normalized spacial score (nSPS) is 12.1. The van der Waals surface area contributed by atoms with E-state index in [0.29, 0.717) is 6.54 Å². The Bertz CT molecular complexity index is 343. The predicted octanol–water partition coefficient (Wildman–Crippen LogP) is 1.99. The quantitative estimate of drug-likeness (QED) is 0.708. The maximum absolute atomic E-state index is 12.0. The molecular weight excluding hydrogens is 244 g/mol. The summed E-state index contributed by atoms with van der Waals surface area (Å²) in [6.45, 7) is 3.22. The molecule has 0 aliphatic rings. The minimum atomic E-state index is -0.231. The fourth-order valence-electron chi connectivity index (χ4n) is 1.73. The molecule has 1 rings (SSSR count). The van der Waals surface area contributed by atoms with Gasteiger partial charge in [-0.05, 0) is 23.5 Å². The van der Waals surface area contributed by atoms with Gasteiger partial charge in [-0.3, -0.25) is 4.79 Å². The van der Waals surface area contributed by atoms with Gasteiger partial charge in [0, 0.05) is 13.1 Å². The third-order valence-corrected chi connectivity index (χ3v) is 3.71. The Morgan fingerprint density at radius 3 is 2.72 bits per heavy atom. The van der Waals surface area contributed by atoms with Crippen molar-refractivity contribution in [2.24, 2.45) is 5.73 Å². The third kappa shape index (κ3) is 5.10. The summed E-state index contributed by atoms with van der Waals surface area (Å²) < 4.78 is 0. The summed E-state index contributed by atoms with van der Waals surface area (Å²) in [6.07, 6.45) is 1.01. The number of benzene rings is 1. The van der Waals surface area contributed by atoms with Crippen LogP contribution in [0.3, 0.4) is 0 Å². The van der Waals surface area contributed by atoms with Gasteiger partial charge in [0.05, 0.1) is 5.92 Å². The molecule has 1 aromatic rings. The van der Waals surface area contributed by atoms with Gasteiger partial charge >= 0.3 is 0 Å². The van der Waals surface area contributed by atoms with Crippen molar-refractivity contribution in [3.05, 3.63) is 35.9 Å². The molecule has 4 heteroatoms. The topological polar surface area (TPSA) is 55.1 Å². The number of nitrogens with one attached hydrogen (secondary N) is 1. The fraction of sp³-hybridized carbons (Fsp3) is 0.500. The number of thioether (sulfide) groups is 1. The van der Waals surface area contributed by atoms with Crippen molar-refractivity contribution in [1.82, 2.24) is 5.32 Å². The van der Waals surface area contributed by atoms with Gasteiger partial charge in [-0.25, -0.2) is 0 Å². The molecule has 3 nitrogen and oxygen atoms in total. The largest absolute Gasteiger partial charge is 0.356 e. The number of carbonyl (C=O) groups excluding carboxylic acids is 1. The Labute approximate surface area is 114 Å². The molecule has 0 saturated heterocycles.